The van der Waals surface area contributed by atoms with Crippen LogP contribution in [0, 0.1) is 6.92 Å². The van der Waals surface area contributed by atoms with Gasteiger partial charge in [0.1, 0.15) is 100 Å². The number of methoxy groups -OCH3 is 1. The fourth-order valence-electron chi connectivity index (χ4n) is 13.0. The van der Waals surface area contributed by atoms with E-state index in [1.165, 1.54) is 73.7 Å². The molecule has 0 fully saturated rings. The smallest absolute Gasteiger partial charge is 0.333 e. The number of hydrogen-bond donors (Lipinski definition) is 16. The summed E-state index contributed by atoms with van der Waals surface area (Å²) in [6.45, 7) is 1.41. The topological polar surface area (TPSA) is 449 Å². The normalized spacial score (nSPS) is 20.6. The first-order valence-electron chi connectivity index (χ1n) is 32.8. The molecule has 16 rings (SSSR count). The number of aliphatic hydroxyl groups excluding tert-OH is 2. The van der Waals surface area contributed by atoms with Crippen LogP contribution < -0.4 is 67.6 Å². The Kier molecular flexibility index (Phi) is 18.1. The van der Waals surface area contributed by atoms with Crippen molar-refractivity contribution in [2.45, 2.75) is 68.0 Å². The van der Waals surface area contributed by atoms with Crippen LogP contribution in [0.15, 0.2) is 186 Å². The lowest BCUT2D eigenvalue weighted by atomic mass is 9.89. The maximum absolute atomic E-state index is 16.0. The third-order valence-corrected chi connectivity index (χ3v) is 18.7. The molecule has 536 valence electrons. The number of phenols is 6. The average molecular weight is 1440 g/mol. The number of carbonyl (C=O) groups is 7. The predicted molar refractivity (Wildman–Crippen MR) is 375 cm³/mol. The lowest BCUT2D eigenvalue weighted by molar-refractivity contribution is -0.146. The third kappa shape index (κ3) is 13.2. The van der Waals surface area contributed by atoms with E-state index in [0.717, 1.165) is 72.8 Å². The summed E-state index contributed by atoms with van der Waals surface area (Å²) in [7, 11) is 0.966. The lowest BCUT2D eigenvalue weighted by Crippen LogP contribution is -2.55. The Hall–Kier alpha value is -13.9. The summed E-state index contributed by atoms with van der Waals surface area (Å²) < 4.78 is 23.9. The second kappa shape index (κ2) is 27.8. The predicted octanol–water partition coefficient (Wildman–Crippen LogP) is 6.59. The zero-order valence-electron chi connectivity index (χ0n) is 55.5. The number of amides is 6. The zero-order valence-corrected chi connectivity index (χ0v) is 55.5. The number of ether oxygens (including phenoxy) is 4. The molecule has 6 heterocycles. The first-order chi connectivity index (χ1) is 50.9. The van der Waals surface area contributed by atoms with E-state index in [4.69, 9.17) is 18.9 Å². The largest absolute Gasteiger partial charge is 0.508 e. The van der Waals surface area contributed by atoms with E-state index < -0.39 is 164 Å². The Morgan fingerprint density at radius 2 is 0.962 bits per heavy atom. The molecule has 6 amide bonds. The summed E-state index contributed by atoms with van der Waals surface area (Å²) >= 11 is 0. The van der Waals surface area contributed by atoms with Gasteiger partial charge in [-0.3, -0.25) is 38.4 Å². The molecule has 6 aliphatic heterocycles. The van der Waals surface area contributed by atoms with Crippen LogP contribution in [0.3, 0.4) is 0 Å². The first-order valence-corrected chi connectivity index (χ1v) is 32.8. The van der Waals surface area contributed by atoms with E-state index in [9.17, 15) is 60.0 Å². The minimum absolute atomic E-state index is 0.0218. The standard InChI is InChI=1S/C77H62N8O21/c1-33-50(89)25-41-27-52(33)106-53-26-40(17-23-49(53)88)57(79-63-62(69(94)70(63)95)78-32-34-8-10-36(11-9-34)35-6-4-3-5-7-35)71(96)84-64-66(91)37-12-18-44(19-13-37)104-54-28-42-29-55(68(54)93)105-45-20-14-38(15-21-45)67(92)65-76(101)83-61(77(102)103-2)47-30-43(86)31-51(90)56(47)46-24-39(16-22-48(46)87)58(72(97)85-65)80-74(99)60(42)81-73(98)59(41)82-75(64)100/h3-31,57-61,64-67,78-79,86-93H,32H2,1-2H3,(H,80,99)(H,81,98)(H,82,100)(H,83,101)(H,84,96)(H,85,97)/t57-,58+,59-,60+,61-,64+,65-,66+,67+/m0/s1. The summed E-state index contributed by atoms with van der Waals surface area (Å²) in [4.78, 5) is 134. The molecule has 16 N–H and O–H groups in total. The van der Waals surface area contributed by atoms with Crippen molar-refractivity contribution in [1.29, 1.82) is 0 Å². The number of benzene rings is 9. The van der Waals surface area contributed by atoms with Gasteiger partial charge in [-0.15, -0.1) is 0 Å². The lowest BCUT2D eigenvalue weighted by Gasteiger charge is -2.32. The quantitative estimate of drug-likeness (QED) is 0.0590. The molecule has 29 nitrogen and oxygen atoms in total. The Morgan fingerprint density at radius 1 is 0.453 bits per heavy atom. The van der Waals surface area contributed by atoms with Crippen molar-refractivity contribution >= 4 is 52.8 Å². The number of nitrogens with one attached hydrogen (secondary N) is 8. The van der Waals surface area contributed by atoms with Gasteiger partial charge < -0.3 is 102 Å². The van der Waals surface area contributed by atoms with Crippen molar-refractivity contribution in [1.82, 2.24) is 31.9 Å². The highest BCUT2D eigenvalue weighted by molar-refractivity contribution is 6.00. The molecule has 106 heavy (non-hydrogen) atoms. The number of anilines is 2. The maximum atomic E-state index is 16.0. The zero-order chi connectivity index (χ0) is 74.7. The Labute approximate surface area is 598 Å². The molecule has 10 aromatic carbocycles. The number of phenolic OH excluding ortho intramolecular Hbond substituents is 6. The van der Waals surface area contributed by atoms with Gasteiger partial charge in [0.25, 0.3) is 10.9 Å². The van der Waals surface area contributed by atoms with Crippen molar-refractivity contribution in [3.63, 3.8) is 0 Å². The van der Waals surface area contributed by atoms with Gasteiger partial charge in [-0.2, -0.15) is 0 Å². The van der Waals surface area contributed by atoms with Crippen LogP contribution in [0.4, 0.5) is 11.4 Å². The average Bonchev–Trinajstić information content (AvgIpc) is 0.770. The van der Waals surface area contributed by atoms with E-state index in [2.05, 4.69) is 42.5 Å². The summed E-state index contributed by atoms with van der Waals surface area (Å²) in [5, 5.41) is 115. The van der Waals surface area contributed by atoms with Crippen LogP contribution in [-0.4, -0.2) is 101 Å². The number of aliphatic hydroxyl groups is 2. The van der Waals surface area contributed by atoms with E-state index in [-0.39, 0.29) is 85.2 Å². The van der Waals surface area contributed by atoms with Gasteiger partial charge in [-0.05, 0) is 136 Å². The van der Waals surface area contributed by atoms with Crippen LogP contribution >= 0.6 is 0 Å². The van der Waals surface area contributed by atoms with Crippen molar-refractivity contribution in [3.8, 4) is 91.2 Å². The van der Waals surface area contributed by atoms with Gasteiger partial charge in [0.05, 0.1) is 7.11 Å². The fraction of sp³-hybridized carbons (Fsp3) is 0.156. The molecule has 0 unspecified atom stereocenters. The highest BCUT2D eigenvalue weighted by Gasteiger charge is 2.43. The van der Waals surface area contributed by atoms with Crippen LogP contribution in [0.25, 0.3) is 22.3 Å². The highest BCUT2D eigenvalue weighted by atomic mass is 16.5. The third-order valence-electron chi connectivity index (χ3n) is 18.7. The number of fused-ring (bicyclic) bond motifs is 14. The molecular weight excluding hydrogens is 1370 g/mol. The molecule has 0 aliphatic carbocycles. The highest BCUT2D eigenvalue weighted by Crippen LogP contribution is 2.48. The Bertz CT molecular complexity index is 5340. The van der Waals surface area contributed by atoms with Crippen LogP contribution in [-0.2, 0) is 44.8 Å². The second-order valence-corrected chi connectivity index (χ2v) is 25.5. The molecule has 9 atom stereocenters. The van der Waals surface area contributed by atoms with Crippen LogP contribution in [0.1, 0.15) is 92.5 Å². The molecular formula is C77H62N8O21. The van der Waals surface area contributed by atoms with Gasteiger partial charge in [-0.25, -0.2) is 4.79 Å². The molecule has 0 saturated carbocycles. The van der Waals surface area contributed by atoms with Gasteiger partial charge >= 0.3 is 5.97 Å². The van der Waals surface area contributed by atoms with Crippen molar-refractivity contribution in [2.75, 3.05) is 17.7 Å². The van der Waals surface area contributed by atoms with E-state index in [1.54, 1.807) is 0 Å². The van der Waals surface area contributed by atoms with Gasteiger partial charge in [0.15, 0.2) is 29.0 Å². The number of rotatable bonds is 7. The maximum Gasteiger partial charge on any atom is 0.333 e. The molecule has 0 saturated heterocycles. The number of esters is 1. The summed E-state index contributed by atoms with van der Waals surface area (Å²) in [6, 6.07) is 25.8. The fourth-order valence-corrected chi connectivity index (χ4v) is 13.0. The number of carbonyl (C=O) groups excluding carboxylic acids is 7. The molecule has 6 aliphatic rings. The van der Waals surface area contributed by atoms with Crippen molar-refractivity contribution in [2.24, 2.45) is 0 Å². The van der Waals surface area contributed by atoms with Gasteiger partial charge in [-0.1, -0.05) is 91.0 Å². The van der Waals surface area contributed by atoms with E-state index >= 15 is 24.0 Å². The minimum atomic E-state index is -2.21. The second-order valence-electron chi connectivity index (χ2n) is 25.5. The molecule has 29 heteroatoms. The monoisotopic (exact) mass is 1430 g/mol. The van der Waals surface area contributed by atoms with Crippen molar-refractivity contribution < 1.29 is 93.4 Å². The Morgan fingerprint density at radius 3 is 1.58 bits per heavy atom. The molecule has 0 spiro atoms. The van der Waals surface area contributed by atoms with E-state index in [1.807, 2.05) is 54.6 Å². The summed E-state index contributed by atoms with van der Waals surface area (Å²) in [6.07, 6.45) is -4.13. The van der Waals surface area contributed by atoms with Gasteiger partial charge in [0, 0.05) is 34.9 Å². The van der Waals surface area contributed by atoms with Crippen molar-refractivity contribution in [3.05, 3.63) is 246 Å². The van der Waals surface area contributed by atoms with Crippen LogP contribution in [0.5, 0.6) is 69.0 Å². The van der Waals surface area contributed by atoms with Gasteiger partial charge in [0.2, 0.25) is 41.2 Å². The summed E-state index contributed by atoms with van der Waals surface area (Å²) in [5.74, 6) is -14.7. The molecule has 0 radical (unpaired) electrons. The molecule has 10 aromatic rings. The van der Waals surface area contributed by atoms with Crippen LogP contribution in [0.2, 0.25) is 0 Å². The SMILES string of the molecule is COC(=O)[C@H]1NC(=O)[C@H]2NC(=O)[C@H](NC(=O)[C@@H]3NC(=O)[C@H]4NC(=O)[C@H](NC(=O)[C@@H](Nc5c(NCc6ccc(-c7ccccc7)cc6)c(=O)c5=O)c5ccc(O)c(c5)Oc5cc4cc(O)c5C)[C@H](O)c4ccc(cc4)Oc4cc3cc(c4O)Oc3ccc(cc3)[C@H]2O)c2ccc(O)c(c2)-c2c(O)cc(O)cc21. The Balaban J connectivity index is 0.902. The number of hydrogen-bond acceptors (Lipinski definition) is 23. The first kappa shape index (κ1) is 69.2. The minimum Gasteiger partial charge on any atom is -0.508 e. The molecule has 17 bridgehead atoms. The summed E-state index contributed by atoms with van der Waals surface area (Å²) in [5.41, 5.74) is -2.34. The van der Waals surface area contributed by atoms with E-state index in [0.29, 0.717) is 5.56 Å². The number of aromatic hydroxyl groups is 6. The molecule has 0 aromatic heterocycles.